The predicted octanol–water partition coefficient (Wildman–Crippen LogP) is 3.06. The molecule has 0 radical (unpaired) electrons. The van der Waals surface area contributed by atoms with E-state index < -0.39 is 5.82 Å². The fraction of sp³-hybridized carbons (Fsp3) is 0.417. The Morgan fingerprint density at radius 1 is 1.59 bits per heavy atom. The van der Waals surface area contributed by atoms with Crippen LogP contribution in [0, 0.1) is 5.82 Å². The van der Waals surface area contributed by atoms with E-state index in [2.05, 4.69) is 6.92 Å². The van der Waals surface area contributed by atoms with Crippen molar-refractivity contribution in [3.63, 3.8) is 0 Å². The molecule has 92 valence electrons. The van der Waals surface area contributed by atoms with Crippen LogP contribution in [0.5, 0.6) is 0 Å². The van der Waals surface area contributed by atoms with Crippen molar-refractivity contribution in [1.82, 2.24) is 4.90 Å². The fourth-order valence-electron chi connectivity index (χ4n) is 1.84. The van der Waals surface area contributed by atoms with E-state index in [9.17, 15) is 9.18 Å². The topological polar surface area (TPSA) is 20.3 Å². The Kier molecular flexibility index (Phi) is 3.94. The van der Waals surface area contributed by atoms with Crippen LogP contribution in [0.4, 0.5) is 4.39 Å². The van der Waals surface area contributed by atoms with E-state index in [1.165, 1.54) is 12.1 Å². The van der Waals surface area contributed by atoms with Gasteiger partial charge in [0.15, 0.2) is 0 Å². The Morgan fingerprint density at radius 3 is 3.00 bits per heavy atom. The Morgan fingerprint density at radius 2 is 2.35 bits per heavy atom. The van der Waals surface area contributed by atoms with Gasteiger partial charge in [0.2, 0.25) is 0 Å². The molecule has 0 aliphatic carbocycles. The third-order valence-corrected chi connectivity index (χ3v) is 4.06. The molecule has 1 heterocycles. The molecule has 1 aliphatic heterocycles. The smallest absolute Gasteiger partial charge is 0.256 e. The van der Waals surface area contributed by atoms with Gasteiger partial charge in [-0.25, -0.2) is 4.39 Å². The van der Waals surface area contributed by atoms with Gasteiger partial charge in [0.1, 0.15) is 5.82 Å². The fourth-order valence-corrected chi connectivity index (χ4v) is 3.01. The maximum absolute atomic E-state index is 13.6. The van der Waals surface area contributed by atoms with Gasteiger partial charge in [-0.3, -0.25) is 4.79 Å². The maximum atomic E-state index is 13.6. The van der Waals surface area contributed by atoms with Crippen molar-refractivity contribution in [3.05, 3.63) is 34.6 Å². The second-order valence-corrected chi connectivity index (χ2v) is 6.04. The summed E-state index contributed by atoms with van der Waals surface area (Å²) < 4.78 is 13.6. The van der Waals surface area contributed by atoms with Crippen LogP contribution in [0.15, 0.2) is 18.2 Å². The third kappa shape index (κ3) is 2.93. The lowest BCUT2D eigenvalue weighted by Gasteiger charge is -2.30. The van der Waals surface area contributed by atoms with Gasteiger partial charge in [0.05, 0.1) is 5.56 Å². The van der Waals surface area contributed by atoms with E-state index >= 15 is 0 Å². The number of hydrogen-bond acceptors (Lipinski definition) is 2. The summed E-state index contributed by atoms with van der Waals surface area (Å²) in [5.74, 6) is 0.113. The minimum atomic E-state index is -0.548. The summed E-state index contributed by atoms with van der Waals surface area (Å²) in [5, 5.41) is 0.713. The van der Waals surface area contributed by atoms with Crippen LogP contribution in [-0.4, -0.2) is 34.9 Å². The summed E-state index contributed by atoms with van der Waals surface area (Å²) in [6.45, 7) is 3.42. The Balaban J connectivity index is 2.18. The summed E-state index contributed by atoms with van der Waals surface area (Å²) in [5.41, 5.74) is 0.105. The summed E-state index contributed by atoms with van der Waals surface area (Å²) in [6, 6.07) is 4.17. The molecule has 0 saturated carbocycles. The molecule has 5 heteroatoms. The first-order valence-electron chi connectivity index (χ1n) is 5.44. The first-order valence-corrected chi connectivity index (χ1v) is 6.86. The molecule has 1 amide bonds. The molecule has 0 N–H and O–H groups in total. The summed E-state index contributed by atoms with van der Waals surface area (Å²) in [7, 11) is 0. The van der Waals surface area contributed by atoms with E-state index in [4.69, 9.17) is 11.6 Å². The highest BCUT2D eigenvalue weighted by Gasteiger charge is 2.24. The van der Waals surface area contributed by atoms with E-state index in [-0.39, 0.29) is 11.5 Å². The first-order chi connectivity index (χ1) is 8.08. The molecule has 0 bridgehead atoms. The standard InChI is InChI=1S/C12H13ClFNOS/c1-8-7-15(4-5-17-8)12(16)10-3-2-9(13)6-11(10)14/h2-3,6,8H,4-5,7H2,1H3/t8-/m1/s1. The van der Waals surface area contributed by atoms with Crippen LogP contribution in [0.25, 0.3) is 0 Å². The van der Waals surface area contributed by atoms with Crippen LogP contribution in [-0.2, 0) is 0 Å². The molecule has 2 nitrogen and oxygen atoms in total. The van der Waals surface area contributed by atoms with Crippen LogP contribution >= 0.6 is 23.4 Å². The summed E-state index contributed by atoms with van der Waals surface area (Å²) in [6.07, 6.45) is 0. The normalized spacial score (nSPS) is 20.4. The van der Waals surface area contributed by atoms with Crippen molar-refractivity contribution < 1.29 is 9.18 Å². The lowest BCUT2D eigenvalue weighted by Crippen LogP contribution is -2.41. The number of halogens is 2. The zero-order valence-electron chi connectivity index (χ0n) is 9.45. The Hall–Kier alpha value is -0.740. The van der Waals surface area contributed by atoms with Gasteiger partial charge in [-0.1, -0.05) is 18.5 Å². The minimum Gasteiger partial charge on any atom is -0.337 e. The molecule has 17 heavy (non-hydrogen) atoms. The zero-order chi connectivity index (χ0) is 12.4. The van der Waals surface area contributed by atoms with Gasteiger partial charge in [-0.05, 0) is 18.2 Å². The molecular weight excluding hydrogens is 261 g/mol. The average molecular weight is 274 g/mol. The molecule has 0 aromatic heterocycles. The third-order valence-electron chi connectivity index (χ3n) is 2.69. The van der Waals surface area contributed by atoms with Crippen LogP contribution in [0.1, 0.15) is 17.3 Å². The molecule has 1 aromatic carbocycles. The van der Waals surface area contributed by atoms with Gasteiger partial charge in [0.25, 0.3) is 5.91 Å². The van der Waals surface area contributed by atoms with E-state index in [1.54, 1.807) is 11.0 Å². The van der Waals surface area contributed by atoms with Gasteiger partial charge in [-0.15, -0.1) is 0 Å². The monoisotopic (exact) mass is 273 g/mol. The van der Waals surface area contributed by atoms with Crippen molar-refractivity contribution >= 4 is 29.3 Å². The predicted molar refractivity (Wildman–Crippen MR) is 69.2 cm³/mol. The van der Waals surface area contributed by atoms with Crippen LogP contribution in [0.2, 0.25) is 5.02 Å². The van der Waals surface area contributed by atoms with Crippen molar-refractivity contribution in [3.8, 4) is 0 Å². The van der Waals surface area contributed by atoms with Crippen LogP contribution in [0.3, 0.4) is 0 Å². The molecule has 1 aliphatic rings. The van der Waals surface area contributed by atoms with E-state index in [1.807, 2.05) is 11.8 Å². The lowest BCUT2D eigenvalue weighted by atomic mass is 10.2. The number of amides is 1. The zero-order valence-corrected chi connectivity index (χ0v) is 11.0. The highest BCUT2D eigenvalue weighted by Crippen LogP contribution is 2.21. The number of hydrogen-bond donors (Lipinski definition) is 0. The SMILES string of the molecule is C[C@@H]1CN(C(=O)c2ccc(Cl)cc2F)CCS1. The number of carbonyl (C=O) groups excluding carboxylic acids is 1. The first kappa shape index (κ1) is 12.7. The molecular formula is C12H13ClFNOS. The highest BCUT2D eigenvalue weighted by atomic mass is 35.5. The van der Waals surface area contributed by atoms with Crippen molar-refractivity contribution in [2.24, 2.45) is 0 Å². The minimum absolute atomic E-state index is 0.105. The van der Waals surface area contributed by atoms with Crippen molar-refractivity contribution in [2.75, 3.05) is 18.8 Å². The van der Waals surface area contributed by atoms with Crippen molar-refractivity contribution in [2.45, 2.75) is 12.2 Å². The van der Waals surface area contributed by atoms with Gasteiger partial charge in [-0.2, -0.15) is 11.8 Å². The van der Waals surface area contributed by atoms with Gasteiger partial charge in [0, 0.05) is 29.1 Å². The molecule has 0 unspecified atom stereocenters. The average Bonchev–Trinajstić information content (AvgIpc) is 2.28. The highest BCUT2D eigenvalue weighted by molar-refractivity contribution is 7.99. The molecule has 1 aromatic rings. The second-order valence-electron chi connectivity index (χ2n) is 4.06. The summed E-state index contributed by atoms with van der Waals surface area (Å²) >= 11 is 7.49. The largest absolute Gasteiger partial charge is 0.337 e. The molecule has 0 spiro atoms. The molecule has 1 fully saturated rings. The van der Waals surface area contributed by atoms with Crippen molar-refractivity contribution in [1.29, 1.82) is 0 Å². The lowest BCUT2D eigenvalue weighted by molar-refractivity contribution is 0.0758. The van der Waals surface area contributed by atoms with E-state index in [0.29, 0.717) is 23.4 Å². The molecule has 2 rings (SSSR count). The summed E-state index contributed by atoms with van der Waals surface area (Å²) in [4.78, 5) is 13.8. The number of carbonyl (C=O) groups is 1. The quantitative estimate of drug-likeness (QED) is 0.784. The Labute approximate surface area is 109 Å². The van der Waals surface area contributed by atoms with Gasteiger partial charge >= 0.3 is 0 Å². The number of benzene rings is 1. The Bertz CT molecular complexity index is 441. The number of rotatable bonds is 1. The molecule has 1 atom stereocenters. The number of thioether (sulfide) groups is 1. The second kappa shape index (κ2) is 5.27. The number of nitrogens with zero attached hydrogens (tertiary/aromatic N) is 1. The van der Waals surface area contributed by atoms with E-state index in [0.717, 1.165) is 5.75 Å². The van der Waals surface area contributed by atoms with Crippen LogP contribution < -0.4 is 0 Å². The maximum Gasteiger partial charge on any atom is 0.256 e. The molecule has 1 saturated heterocycles. The van der Waals surface area contributed by atoms with Gasteiger partial charge < -0.3 is 4.90 Å².